The summed E-state index contributed by atoms with van der Waals surface area (Å²) in [6.45, 7) is 0. The number of carbonyl (C=O) groups is 1. The van der Waals surface area contributed by atoms with Crippen LogP contribution in [0, 0.1) is 0 Å². The van der Waals surface area contributed by atoms with Gasteiger partial charge in [-0.2, -0.15) is 0 Å². The monoisotopic (exact) mass is 374 g/mol. The highest BCUT2D eigenvalue weighted by Crippen LogP contribution is 2.49. The van der Waals surface area contributed by atoms with Crippen molar-refractivity contribution in [1.29, 1.82) is 0 Å². The van der Waals surface area contributed by atoms with Crippen LogP contribution in [0.15, 0.2) is 78.9 Å². The molecular formula is C19H13Cl2O2P. The molecule has 0 saturated heterocycles. The quantitative estimate of drug-likeness (QED) is 0.592. The number of hydrogen-bond acceptors (Lipinski definition) is 2. The van der Waals surface area contributed by atoms with Crippen molar-refractivity contribution in [2.45, 2.75) is 0 Å². The molecule has 0 aromatic heterocycles. The van der Waals surface area contributed by atoms with Gasteiger partial charge in [-0.05, 0) is 12.1 Å². The predicted molar refractivity (Wildman–Crippen MR) is 101 cm³/mol. The molecular weight excluding hydrogens is 362 g/mol. The van der Waals surface area contributed by atoms with Gasteiger partial charge in [0.15, 0.2) is 0 Å². The van der Waals surface area contributed by atoms with Gasteiger partial charge < -0.3 is 4.57 Å². The third kappa shape index (κ3) is 2.93. The van der Waals surface area contributed by atoms with Crippen LogP contribution in [0.3, 0.4) is 0 Å². The molecule has 0 saturated carbocycles. The van der Waals surface area contributed by atoms with E-state index in [0.29, 0.717) is 10.9 Å². The topological polar surface area (TPSA) is 34.1 Å². The van der Waals surface area contributed by atoms with Gasteiger partial charge in [-0.15, -0.1) is 0 Å². The Labute approximate surface area is 150 Å². The lowest BCUT2D eigenvalue weighted by molar-refractivity contribution is 0.107. The number of hydrogen-bond donors (Lipinski definition) is 0. The second kappa shape index (κ2) is 6.94. The molecule has 3 rings (SSSR count). The molecule has 0 aliphatic rings. The van der Waals surface area contributed by atoms with Crippen molar-refractivity contribution in [3.05, 3.63) is 94.5 Å². The maximum Gasteiger partial charge on any atom is 0.230 e. The van der Waals surface area contributed by atoms with Gasteiger partial charge in [0, 0.05) is 16.2 Å². The highest BCUT2D eigenvalue weighted by atomic mass is 35.5. The third-order valence-electron chi connectivity index (χ3n) is 3.70. The molecule has 0 bridgehead atoms. The average molecular weight is 375 g/mol. The fourth-order valence-electron chi connectivity index (χ4n) is 2.50. The van der Waals surface area contributed by atoms with Crippen LogP contribution in [0.4, 0.5) is 0 Å². The van der Waals surface area contributed by atoms with Crippen LogP contribution in [0.1, 0.15) is 10.4 Å². The number of halogens is 2. The minimum atomic E-state index is -3.66. The molecule has 3 aromatic rings. The van der Waals surface area contributed by atoms with Crippen molar-refractivity contribution >= 4 is 46.5 Å². The molecule has 5 heteroatoms. The summed E-state index contributed by atoms with van der Waals surface area (Å²) in [5.41, 5.74) is -0.0841. The van der Waals surface area contributed by atoms with E-state index in [9.17, 15) is 9.36 Å². The zero-order chi connectivity index (χ0) is 17.2. The van der Waals surface area contributed by atoms with Gasteiger partial charge in [-0.3, -0.25) is 4.79 Å². The van der Waals surface area contributed by atoms with Gasteiger partial charge in [0.1, 0.15) is 0 Å². The number of carbonyl (C=O) groups excluding carboxylic acids is 1. The van der Waals surface area contributed by atoms with Gasteiger partial charge in [0.2, 0.25) is 12.7 Å². The molecule has 1 unspecified atom stereocenters. The highest BCUT2D eigenvalue weighted by molar-refractivity contribution is 7.93. The van der Waals surface area contributed by atoms with E-state index in [1.807, 2.05) is 0 Å². The van der Waals surface area contributed by atoms with Crippen LogP contribution in [-0.2, 0) is 4.57 Å². The van der Waals surface area contributed by atoms with Gasteiger partial charge in [-0.1, -0.05) is 89.9 Å². The van der Waals surface area contributed by atoms with Crippen molar-refractivity contribution < 1.29 is 9.36 Å². The number of rotatable bonds is 4. The van der Waals surface area contributed by atoms with Crippen LogP contribution < -0.4 is 10.6 Å². The largest absolute Gasteiger partial charge is 0.305 e. The fourth-order valence-corrected chi connectivity index (χ4v) is 5.75. The number of benzene rings is 3. The lowest BCUT2D eigenvalue weighted by Gasteiger charge is -2.19. The zero-order valence-corrected chi connectivity index (χ0v) is 14.9. The summed E-state index contributed by atoms with van der Waals surface area (Å²) in [7, 11) is -3.66. The molecule has 0 amide bonds. The van der Waals surface area contributed by atoms with E-state index < -0.39 is 12.7 Å². The molecule has 3 aromatic carbocycles. The van der Waals surface area contributed by atoms with Crippen molar-refractivity contribution in [3.63, 3.8) is 0 Å². The minimum absolute atomic E-state index is 0.149. The Balaban J connectivity index is 2.29. The second-order valence-corrected chi connectivity index (χ2v) is 8.60. The smallest absolute Gasteiger partial charge is 0.230 e. The standard InChI is InChI=1S/C19H13Cl2O2P/c20-16-12-7-13-17(18(16)21)24(23,15-10-5-2-6-11-15)19(22)14-8-3-1-4-9-14/h1-13H. The van der Waals surface area contributed by atoms with E-state index in [2.05, 4.69) is 0 Å². The lowest BCUT2D eigenvalue weighted by atomic mass is 10.2. The molecule has 0 radical (unpaired) electrons. The summed E-state index contributed by atoms with van der Waals surface area (Å²) < 4.78 is 14.0. The van der Waals surface area contributed by atoms with E-state index in [-0.39, 0.29) is 15.3 Å². The van der Waals surface area contributed by atoms with Crippen LogP contribution in [0.5, 0.6) is 0 Å². The minimum Gasteiger partial charge on any atom is -0.305 e. The summed E-state index contributed by atoms with van der Waals surface area (Å²) >= 11 is 12.4. The summed E-state index contributed by atoms with van der Waals surface area (Å²) in [5, 5.41) is 1.11. The maximum absolute atomic E-state index is 14.0. The third-order valence-corrected chi connectivity index (χ3v) is 7.55. The van der Waals surface area contributed by atoms with Gasteiger partial charge in [0.05, 0.1) is 10.0 Å². The normalized spacial score (nSPS) is 13.2. The lowest BCUT2D eigenvalue weighted by Crippen LogP contribution is -2.23. The molecule has 24 heavy (non-hydrogen) atoms. The van der Waals surface area contributed by atoms with Gasteiger partial charge >= 0.3 is 0 Å². The molecule has 1 atom stereocenters. The fraction of sp³-hybridized carbons (Fsp3) is 0. The van der Waals surface area contributed by atoms with Gasteiger partial charge in [-0.25, -0.2) is 0 Å². The van der Waals surface area contributed by atoms with Crippen molar-refractivity contribution in [2.24, 2.45) is 0 Å². The Hall–Kier alpha value is -1.86. The average Bonchev–Trinajstić information content (AvgIpc) is 2.64. The zero-order valence-electron chi connectivity index (χ0n) is 12.5. The summed E-state index contributed by atoms with van der Waals surface area (Å²) in [5.74, 6) is 0. The van der Waals surface area contributed by atoms with Crippen LogP contribution in [0.25, 0.3) is 0 Å². The first kappa shape index (κ1) is 17.0. The Kier molecular flexibility index (Phi) is 4.91. The maximum atomic E-state index is 14.0. The molecule has 2 nitrogen and oxygen atoms in total. The van der Waals surface area contributed by atoms with Crippen LogP contribution >= 0.6 is 30.3 Å². The van der Waals surface area contributed by atoms with Crippen LogP contribution in [-0.4, -0.2) is 5.52 Å². The molecule has 0 N–H and O–H groups in total. The van der Waals surface area contributed by atoms with E-state index in [4.69, 9.17) is 23.2 Å². The van der Waals surface area contributed by atoms with E-state index >= 15 is 0 Å². The Morgan fingerprint density at radius 2 is 1.33 bits per heavy atom. The molecule has 0 fully saturated rings. The van der Waals surface area contributed by atoms with Crippen LogP contribution in [0.2, 0.25) is 10.0 Å². The summed E-state index contributed by atoms with van der Waals surface area (Å²) in [6, 6.07) is 22.1. The summed E-state index contributed by atoms with van der Waals surface area (Å²) in [4.78, 5) is 13.2. The Morgan fingerprint density at radius 3 is 1.96 bits per heavy atom. The van der Waals surface area contributed by atoms with E-state index in [1.54, 1.807) is 78.9 Å². The SMILES string of the molecule is O=C(c1ccccc1)P(=O)(c1ccccc1)c1cccc(Cl)c1Cl. The first-order chi connectivity index (χ1) is 11.5. The van der Waals surface area contributed by atoms with E-state index in [0.717, 1.165) is 0 Å². The molecule has 0 spiro atoms. The second-order valence-electron chi connectivity index (χ2n) is 5.19. The first-order valence-electron chi connectivity index (χ1n) is 7.25. The van der Waals surface area contributed by atoms with E-state index in [1.165, 1.54) is 0 Å². The first-order valence-corrected chi connectivity index (χ1v) is 9.71. The van der Waals surface area contributed by atoms with Crippen molar-refractivity contribution in [1.82, 2.24) is 0 Å². The van der Waals surface area contributed by atoms with Crippen molar-refractivity contribution in [2.75, 3.05) is 0 Å². The summed E-state index contributed by atoms with van der Waals surface area (Å²) in [6.07, 6.45) is 0. The Bertz CT molecular complexity index is 925. The molecule has 0 aliphatic heterocycles. The van der Waals surface area contributed by atoms with Crippen molar-refractivity contribution in [3.8, 4) is 0 Å². The molecule has 120 valence electrons. The van der Waals surface area contributed by atoms with Gasteiger partial charge in [0.25, 0.3) is 0 Å². The predicted octanol–water partition coefficient (Wildman–Crippen LogP) is 5.15. The highest BCUT2D eigenvalue weighted by Gasteiger charge is 2.38. The Morgan fingerprint density at radius 1 is 0.750 bits per heavy atom. The molecule has 0 heterocycles. The molecule has 0 aliphatic carbocycles.